The van der Waals surface area contributed by atoms with Crippen molar-refractivity contribution in [2.75, 3.05) is 0 Å². The van der Waals surface area contributed by atoms with Crippen LogP contribution in [0.25, 0.3) is 0 Å². The molecule has 0 aliphatic heterocycles. The maximum atomic E-state index is 12.0. The van der Waals surface area contributed by atoms with Crippen LogP contribution in [0.3, 0.4) is 0 Å². The standard InChI is InChI=1S/C12H18.C7H13F3N2O2S.Ru/c1-7-8(2)10(4)12(6)11(5)9(7)3;8-7(9,10)15(13,14)12-6-4-2-1-3-5(6)11;/h1-6H3;5-6,12H,1-4,11H2;/t;5-,6-;/m.1./s1. The first kappa shape index (κ1) is 27.5. The molecule has 1 aromatic carbocycles. The van der Waals surface area contributed by atoms with Gasteiger partial charge < -0.3 is 5.73 Å². The summed E-state index contributed by atoms with van der Waals surface area (Å²) in [6, 6.07) is -1.33. The molecule has 1 aromatic rings. The monoisotopic (exact) mass is 510 g/mol. The van der Waals surface area contributed by atoms with E-state index in [2.05, 4.69) is 41.5 Å². The Kier molecular flexibility index (Phi) is 10.3. The molecular formula is C19H31F3N2O2RuS. The van der Waals surface area contributed by atoms with Crippen molar-refractivity contribution in [1.29, 1.82) is 0 Å². The number of nitrogens with two attached hydrogens (primary N) is 1. The van der Waals surface area contributed by atoms with Gasteiger partial charge in [-0.1, -0.05) is 12.8 Å². The van der Waals surface area contributed by atoms with Crippen LogP contribution in [-0.4, -0.2) is 26.0 Å². The zero-order chi connectivity index (χ0) is 21.2. The van der Waals surface area contributed by atoms with Crippen LogP contribution in [0, 0.1) is 41.5 Å². The van der Waals surface area contributed by atoms with Gasteiger partial charge in [0.05, 0.1) is 0 Å². The quantitative estimate of drug-likeness (QED) is 0.587. The van der Waals surface area contributed by atoms with E-state index in [9.17, 15) is 21.6 Å². The minimum atomic E-state index is -5.26. The molecule has 0 heterocycles. The molecule has 2 rings (SSSR count). The number of benzene rings is 1. The van der Waals surface area contributed by atoms with Crippen LogP contribution in [0.4, 0.5) is 13.2 Å². The zero-order valence-electron chi connectivity index (χ0n) is 17.3. The first-order chi connectivity index (χ1) is 12.2. The number of hydrogen-bond donors (Lipinski definition) is 2. The number of alkyl halides is 3. The van der Waals surface area contributed by atoms with Gasteiger partial charge in [0, 0.05) is 31.6 Å². The molecule has 0 spiro atoms. The van der Waals surface area contributed by atoms with Crippen molar-refractivity contribution in [1.82, 2.24) is 4.72 Å². The summed E-state index contributed by atoms with van der Waals surface area (Å²) in [5, 5.41) is 0. The minimum Gasteiger partial charge on any atom is -0.326 e. The zero-order valence-corrected chi connectivity index (χ0v) is 19.8. The molecule has 3 N–H and O–H groups in total. The second-order valence-electron chi connectivity index (χ2n) is 7.37. The summed E-state index contributed by atoms with van der Waals surface area (Å²) in [4.78, 5) is 0. The van der Waals surface area contributed by atoms with Gasteiger partial charge in [0.25, 0.3) is 0 Å². The van der Waals surface area contributed by atoms with E-state index in [1.54, 1.807) is 4.72 Å². The Labute approximate surface area is 179 Å². The SMILES string of the molecule is Cc1c(C)c(C)c(C)c(C)c1C.N[C@@H]1CCCC[C@H]1NS(=O)(=O)C(F)(F)F.[Ru]. The summed E-state index contributed by atoms with van der Waals surface area (Å²) in [6.45, 7) is 13.3. The maximum absolute atomic E-state index is 12.0. The van der Waals surface area contributed by atoms with Gasteiger partial charge >= 0.3 is 15.5 Å². The molecule has 2 atom stereocenters. The van der Waals surface area contributed by atoms with Crippen molar-refractivity contribution in [3.05, 3.63) is 33.4 Å². The van der Waals surface area contributed by atoms with Gasteiger partial charge in [0.1, 0.15) is 0 Å². The van der Waals surface area contributed by atoms with Crippen molar-refractivity contribution >= 4 is 10.0 Å². The van der Waals surface area contributed by atoms with E-state index < -0.39 is 27.6 Å². The molecule has 0 aromatic heterocycles. The molecule has 0 radical (unpaired) electrons. The Morgan fingerprint density at radius 3 is 1.43 bits per heavy atom. The van der Waals surface area contributed by atoms with E-state index in [0.29, 0.717) is 19.3 Å². The van der Waals surface area contributed by atoms with Crippen molar-refractivity contribution < 1.29 is 41.1 Å². The summed E-state index contributed by atoms with van der Waals surface area (Å²) in [7, 11) is -5.26. The third-order valence-corrected chi connectivity index (χ3v) is 7.03. The third kappa shape index (κ3) is 6.51. The van der Waals surface area contributed by atoms with Gasteiger partial charge in [-0.15, -0.1) is 0 Å². The molecule has 0 unspecified atom stereocenters. The first-order valence-corrected chi connectivity index (χ1v) is 10.6. The Balaban J connectivity index is 0.000000514. The van der Waals surface area contributed by atoms with Crippen molar-refractivity contribution in [3.8, 4) is 0 Å². The van der Waals surface area contributed by atoms with Crippen LogP contribution in [0.1, 0.15) is 59.1 Å². The summed E-state index contributed by atoms with van der Waals surface area (Å²) in [6.07, 6.45) is 2.42. The molecule has 1 saturated carbocycles. The summed E-state index contributed by atoms with van der Waals surface area (Å²) in [5.41, 5.74) is 9.00. The molecule has 1 aliphatic carbocycles. The Morgan fingerprint density at radius 1 is 0.821 bits per heavy atom. The Hall–Kier alpha value is -0.497. The largest absolute Gasteiger partial charge is 0.511 e. The Morgan fingerprint density at radius 2 is 1.14 bits per heavy atom. The van der Waals surface area contributed by atoms with Crippen LogP contribution in [0.5, 0.6) is 0 Å². The van der Waals surface area contributed by atoms with Crippen molar-refractivity contribution in [2.24, 2.45) is 5.73 Å². The van der Waals surface area contributed by atoms with Crippen LogP contribution < -0.4 is 10.5 Å². The molecule has 1 aliphatic rings. The molecule has 0 bridgehead atoms. The first-order valence-electron chi connectivity index (χ1n) is 9.08. The Bertz CT molecular complexity index is 675. The molecular weight excluding hydrogens is 478 g/mol. The normalized spacial score (nSPS) is 20.1. The summed E-state index contributed by atoms with van der Waals surface area (Å²) in [5.74, 6) is 0. The second kappa shape index (κ2) is 10.5. The van der Waals surface area contributed by atoms with E-state index in [-0.39, 0.29) is 19.5 Å². The third-order valence-electron chi connectivity index (χ3n) is 5.81. The second-order valence-corrected chi connectivity index (χ2v) is 9.08. The predicted octanol–water partition coefficient (Wildman–Crippen LogP) is 4.23. The molecule has 28 heavy (non-hydrogen) atoms. The maximum Gasteiger partial charge on any atom is 0.511 e. The number of rotatable bonds is 2. The van der Waals surface area contributed by atoms with Crippen LogP contribution in [-0.2, 0) is 29.5 Å². The van der Waals surface area contributed by atoms with Crippen molar-refractivity contribution in [3.63, 3.8) is 0 Å². The summed E-state index contributed by atoms with van der Waals surface area (Å²) >= 11 is 0. The molecule has 4 nitrogen and oxygen atoms in total. The molecule has 1 fully saturated rings. The van der Waals surface area contributed by atoms with E-state index >= 15 is 0 Å². The molecule has 0 saturated heterocycles. The van der Waals surface area contributed by atoms with Gasteiger partial charge in [0.2, 0.25) is 0 Å². The number of nitrogens with one attached hydrogen (secondary N) is 1. The number of hydrogen-bond acceptors (Lipinski definition) is 3. The van der Waals surface area contributed by atoms with Gasteiger partial charge in [-0.05, 0) is 87.8 Å². The molecule has 164 valence electrons. The van der Waals surface area contributed by atoms with Gasteiger partial charge in [-0.3, -0.25) is 0 Å². The number of halogens is 3. The van der Waals surface area contributed by atoms with Gasteiger partial charge in [-0.25, -0.2) is 13.1 Å². The fourth-order valence-electron chi connectivity index (χ4n) is 3.26. The van der Waals surface area contributed by atoms with Crippen LogP contribution in [0.15, 0.2) is 0 Å². The van der Waals surface area contributed by atoms with Crippen LogP contribution in [0.2, 0.25) is 0 Å². The number of sulfonamides is 1. The average Bonchev–Trinajstić information content (AvgIpc) is 2.58. The average molecular weight is 510 g/mol. The van der Waals surface area contributed by atoms with Crippen molar-refractivity contribution in [2.45, 2.75) is 84.8 Å². The smallest absolute Gasteiger partial charge is 0.326 e. The topological polar surface area (TPSA) is 72.2 Å². The van der Waals surface area contributed by atoms with E-state index in [1.165, 1.54) is 33.4 Å². The van der Waals surface area contributed by atoms with E-state index in [4.69, 9.17) is 5.73 Å². The minimum absolute atomic E-state index is 0. The van der Waals surface area contributed by atoms with Gasteiger partial charge in [0.15, 0.2) is 0 Å². The van der Waals surface area contributed by atoms with Gasteiger partial charge in [-0.2, -0.15) is 13.2 Å². The fraction of sp³-hybridized carbons (Fsp3) is 0.684. The van der Waals surface area contributed by atoms with Crippen LogP contribution >= 0.6 is 0 Å². The van der Waals surface area contributed by atoms with E-state index in [0.717, 1.165) is 6.42 Å². The van der Waals surface area contributed by atoms with E-state index in [1.807, 2.05) is 0 Å². The summed E-state index contributed by atoms with van der Waals surface area (Å²) < 4.78 is 59.2. The molecule has 9 heteroatoms. The fourth-order valence-corrected chi connectivity index (χ4v) is 4.08. The molecule has 0 amide bonds. The predicted molar refractivity (Wildman–Crippen MR) is 103 cm³/mol.